The van der Waals surface area contributed by atoms with E-state index in [0.29, 0.717) is 15.6 Å². The lowest BCUT2D eigenvalue weighted by molar-refractivity contribution is 0.749. The maximum Gasteiger partial charge on any atom is 0.0641 e. The summed E-state index contributed by atoms with van der Waals surface area (Å²) in [6.45, 7) is 0. The minimum Gasteiger partial charge on any atom is -0.323 e. The average Bonchev–Trinajstić information content (AvgIpc) is 2.04. The predicted molar refractivity (Wildman–Crippen MR) is 60.9 cm³/mol. The molecule has 0 aliphatic carbocycles. The quantitative estimate of drug-likeness (QED) is 0.876. The van der Waals surface area contributed by atoms with E-state index >= 15 is 0 Å². The molecule has 76 valence electrons. The molecular weight excluding hydrogens is 242 g/mol. The van der Waals surface area contributed by atoms with Crippen molar-refractivity contribution in [1.82, 2.24) is 0 Å². The van der Waals surface area contributed by atoms with Crippen LogP contribution in [0.1, 0.15) is 18.0 Å². The fourth-order valence-corrected chi connectivity index (χ4v) is 1.74. The van der Waals surface area contributed by atoms with Gasteiger partial charge in [0, 0.05) is 21.7 Å². The number of nitriles is 1. The third-order valence-corrected chi connectivity index (χ3v) is 2.34. The lowest BCUT2D eigenvalue weighted by Gasteiger charge is -2.11. The minimum atomic E-state index is -0.411. The zero-order valence-corrected chi connectivity index (χ0v) is 9.53. The van der Waals surface area contributed by atoms with Gasteiger partial charge < -0.3 is 5.73 Å². The number of rotatable bonds is 2. The van der Waals surface area contributed by atoms with Gasteiger partial charge in [-0.15, -0.1) is 12.4 Å². The number of nitrogens with two attached hydrogens (primary N) is 1. The van der Waals surface area contributed by atoms with Crippen molar-refractivity contribution in [3.05, 3.63) is 33.8 Å². The third-order valence-electron chi connectivity index (χ3n) is 1.68. The highest BCUT2D eigenvalue weighted by Crippen LogP contribution is 2.30. The van der Waals surface area contributed by atoms with Gasteiger partial charge in [0.05, 0.1) is 12.5 Å². The minimum absolute atomic E-state index is 0. The third kappa shape index (κ3) is 3.04. The number of halogens is 3. The second kappa shape index (κ2) is 6.10. The van der Waals surface area contributed by atoms with Gasteiger partial charge in [0.1, 0.15) is 0 Å². The van der Waals surface area contributed by atoms with Gasteiger partial charge in [0.2, 0.25) is 0 Å². The molecule has 1 rings (SSSR count). The van der Waals surface area contributed by atoms with E-state index in [1.807, 2.05) is 6.07 Å². The van der Waals surface area contributed by atoms with E-state index in [9.17, 15) is 0 Å². The van der Waals surface area contributed by atoms with E-state index in [1.54, 1.807) is 18.2 Å². The van der Waals surface area contributed by atoms with Crippen molar-refractivity contribution in [2.75, 3.05) is 0 Å². The van der Waals surface area contributed by atoms with Crippen LogP contribution in [0, 0.1) is 11.3 Å². The van der Waals surface area contributed by atoms with Crippen LogP contribution >= 0.6 is 35.6 Å². The Bertz CT molecular complexity index is 326. The molecule has 2 nitrogen and oxygen atoms in total. The summed E-state index contributed by atoms with van der Waals surface area (Å²) in [7, 11) is 0. The summed E-state index contributed by atoms with van der Waals surface area (Å²) in [6, 6.07) is 6.73. The maximum atomic E-state index is 8.46. The van der Waals surface area contributed by atoms with E-state index in [0.717, 1.165) is 0 Å². The molecule has 0 amide bonds. The van der Waals surface area contributed by atoms with Gasteiger partial charge in [-0.2, -0.15) is 5.26 Å². The van der Waals surface area contributed by atoms with Gasteiger partial charge in [-0.1, -0.05) is 29.3 Å². The molecule has 0 fully saturated rings. The second-order valence-electron chi connectivity index (χ2n) is 2.60. The summed E-state index contributed by atoms with van der Waals surface area (Å²) in [5.41, 5.74) is 6.36. The molecule has 2 N–H and O–H groups in total. The first kappa shape index (κ1) is 13.5. The van der Waals surface area contributed by atoms with Crippen LogP contribution in [-0.4, -0.2) is 0 Å². The fourth-order valence-electron chi connectivity index (χ4n) is 1.07. The molecule has 1 atom stereocenters. The topological polar surface area (TPSA) is 49.8 Å². The van der Waals surface area contributed by atoms with Crippen molar-refractivity contribution >= 4 is 35.6 Å². The molecule has 0 unspecified atom stereocenters. The van der Waals surface area contributed by atoms with Crippen LogP contribution in [0.5, 0.6) is 0 Å². The first-order valence-corrected chi connectivity index (χ1v) is 4.49. The van der Waals surface area contributed by atoms with Crippen LogP contribution in [0.2, 0.25) is 10.0 Å². The molecule has 0 heterocycles. The van der Waals surface area contributed by atoms with Crippen LogP contribution < -0.4 is 5.73 Å². The fraction of sp³-hybridized carbons (Fsp3) is 0.222. The Morgan fingerprint density at radius 2 is 1.86 bits per heavy atom. The molecule has 1 aromatic rings. The number of nitrogens with zero attached hydrogens (tertiary/aromatic N) is 1. The summed E-state index contributed by atoms with van der Waals surface area (Å²) in [6.07, 6.45) is 0.212. The SMILES string of the molecule is Cl.N#CC[C@@H](N)c1c(Cl)cccc1Cl. The summed E-state index contributed by atoms with van der Waals surface area (Å²) in [5.74, 6) is 0. The Morgan fingerprint density at radius 3 is 2.29 bits per heavy atom. The first-order chi connectivity index (χ1) is 6.16. The Morgan fingerprint density at radius 1 is 1.36 bits per heavy atom. The van der Waals surface area contributed by atoms with Crippen molar-refractivity contribution in [2.45, 2.75) is 12.5 Å². The molecule has 0 saturated heterocycles. The zero-order valence-electron chi connectivity index (χ0n) is 7.21. The number of hydrogen-bond acceptors (Lipinski definition) is 2. The Kier molecular flexibility index (Phi) is 5.90. The molecule has 0 saturated carbocycles. The van der Waals surface area contributed by atoms with E-state index < -0.39 is 6.04 Å². The maximum absolute atomic E-state index is 8.46. The van der Waals surface area contributed by atoms with Crippen LogP contribution in [0.3, 0.4) is 0 Å². The van der Waals surface area contributed by atoms with Crippen molar-refractivity contribution in [2.24, 2.45) is 5.73 Å². The zero-order chi connectivity index (χ0) is 9.84. The van der Waals surface area contributed by atoms with Crippen molar-refractivity contribution in [3.8, 4) is 6.07 Å². The van der Waals surface area contributed by atoms with E-state index in [2.05, 4.69) is 0 Å². The molecule has 0 radical (unpaired) electrons. The van der Waals surface area contributed by atoms with Gasteiger partial charge in [0.15, 0.2) is 0 Å². The molecule has 0 aromatic heterocycles. The highest BCUT2D eigenvalue weighted by atomic mass is 35.5. The van der Waals surface area contributed by atoms with E-state index in [-0.39, 0.29) is 18.8 Å². The lowest BCUT2D eigenvalue weighted by Crippen LogP contribution is -2.10. The lowest BCUT2D eigenvalue weighted by atomic mass is 10.1. The van der Waals surface area contributed by atoms with Crippen LogP contribution in [0.15, 0.2) is 18.2 Å². The molecule has 0 spiro atoms. The van der Waals surface area contributed by atoms with Crippen LogP contribution in [0.25, 0.3) is 0 Å². The smallest absolute Gasteiger partial charge is 0.0641 e. The molecule has 0 aliphatic rings. The standard InChI is InChI=1S/C9H8Cl2N2.ClH/c10-6-2-1-3-7(11)9(6)8(13)4-5-12;/h1-3,8H,4,13H2;1H/t8-;/m1./s1. The molecule has 14 heavy (non-hydrogen) atoms. The normalized spacial score (nSPS) is 11.3. The first-order valence-electron chi connectivity index (χ1n) is 3.73. The Labute approximate surface area is 99.0 Å². The number of benzene rings is 1. The largest absolute Gasteiger partial charge is 0.323 e. The van der Waals surface area contributed by atoms with Gasteiger partial charge in [-0.3, -0.25) is 0 Å². The van der Waals surface area contributed by atoms with Crippen molar-refractivity contribution in [1.29, 1.82) is 5.26 Å². The van der Waals surface area contributed by atoms with Crippen LogP contribution in [0.4, 0.5) is 0 Å². The highest BCUT2D eigenvalue weighted by Gasteiger charge is 2.12. The summed E-state index contributed by atoms with van der Waals surface area (Å²) in [5, 5.41) is 9.48. The van der Waals surface area contributed by atoms with Crippen LogP contribution in [-0.2, 0) is 0 Å². The molecular formula is C9H9Cl3N2. The Balaban J connectivity index is 0.00000169. The summed E-state index contributed by atoms with van der Waals surface area (Å²) in [4.78, 5) is 0. The van der Waals surface area contributed by atoms with E-state index in [1.165, 1.54) is 0 Å². The number of hydrogen-bond donors (Lipinski definition) is 1. The highest BCUT2D eigenvalue weighted by molar-refractivity contribution is 6.36. The van der Waals surface area contributed by atoms with Crippen molar-refractivity contribution in [3.63, 3.8) is 0 Å². The second-order valence-corrected chi connectivity index (χ2v) is 3.42. The van der Waals surface area contributed by atoms with Gasteiger partial charge in [-0.05, 0) is 12.1 Å². The van der Waals surface area contributed by atoms with Crippen molar-refractivity contribution < 1.29 is 0 Å². The molecule has 0 bridgehead atoms. The van der Waals surface area contributed by atoms with Gasteiger partial charge in [0.25, 0.3) is 0 Å². The molecule has 1 aromatic carbocycles. The Hall–Kier alpha value is -0.460. The summed E-state index contributed by atoms with van der Waals surface area (Å²) < 4.78 is 0. The van der Waals surface area contributed by atoms with Gasteiger partial charge in [-0.25, -0.2) is 0 Å². The predicted octanol–water partition coefficient (Wildman–Crippen LogP) is 3.33. The molecule has 5 heteroatoms. The van der Waals surface area contributed by atoms with E-state index in [4.69, 9.17) is 34.2 Å². The van der Waals surface area contributed by atoms with Gasteiger partial charge >= 0.3 is 0 Å². The molecule has 0 aliphatic heterocycles. The average molecular weight is 252 g/mol. The monoisotopic (exact) mass is 250 g/mol. The summed E-state index contributed by atoms with van der Waals surface area (Å²) >= 11 is 11.8.